The number of nitrogens with one attached hydrogen (secondary N) is 1. The lowest BCUT2D eigenvalue weighted by Crippen LogP contribution is -2.36. The van der Waals surface area contributed by atoms with Crippen molar-refractivity contribution in [1.82, 2.24) is 5.32 Å². The van der Waals surface area contributed by atoms with Crippen molar-refractivity contribution in [2.75, 3.05) is 6.61 Å². The summed E-state index contributed by atoms with van der Waals surface area (Å²) in [5.41, 5.74) is 1.20. The van der Waals surface area contributed by atoms with E-state index in [-0.39, 0.29) is 12.0 Å². The molecule has 0 radical (unpaired) electrons. The van der Waals surface area contributed by atoms with Gasteiger partial charge in [-0.3, -0.25) is 4.79 Å². The highest BCUT2D eigenvalue weighted by Crippen LogP contribution is 2.40. The van der Waals surface area contributed by atoms with Gasteiger partial charge in [-0.25, -0.2) is 0 Å². The molecule has 25 heavy (non-hydrogen) atoms. The second kappa shape index (κ2) is 7.23. The van der Waals surface area contributed by atoms with Gasteiger partial charge in [0.25, 0.3) is 5.91 Å². The zero-order valence-corrected chi connectivity index (χ0v) is 15.1. The lowest BCUT2D eigenvalue weighted by atomic mass is 10.1. The van der Waals surface area contributed by atoms with Crippen LogP contribution >= 0.6 is 11.6 Å². The van der Waals surface area contributed by atoms with Gasteiger partial charge < -0.3 is 19.5 Å². The molecular weight excluding hydrogens is 342 g/mol. The SMILES string of the molecule is CCOc1cc([C@@H]2NC(=O)c3ccccc3O2)cc(Cl)c1OC(C)C. The summed E-state index contributed by atoms with van der Waals surface area (Å²) >= 11 is 6.40. The number of hydrogen-bond donors (Lipinski definition) is 1. The summed E-state index contributed by atoms with van der Waals surface area (Å²) in [5, 5.41) is 3.24. The fourth-order valence-electron chi connectivity index (χ4n) is 2.61. The molecule has 1 aliphatic rings. The van der Waals surface area contributed by atoms with Gasteiger partial charge in [0.1, 0.15) is 5.75 Å². The Morgan fingerprint density at radius 3 is 2.76 bits per heavy atom. The third-order valence-electron chi connectivity index (χ3n) is 3.63. The fraction of sp³-hybridized carbons (Fsp3) is 0.316. The zero-order chi connectivity index (χ0) is 18.0. The number of ether oxygens (including phenoxy) is 3. The van der Waals surface area contributed by atoms with Crippen LogP contribution in [0, 0.1) is 0 Å². The van der Waals surface area contributed by atoms with Crippen molar-refractivity contribution in [3.8, 4) is 17.2 Å². The molecule has 6 heteroatoms. The molecule has 0 unspecified atom stereocenters. The van der Waals surface area contributed by atoms with Crippen LogP contribution in [0.4, 0.5) is 0 Å². The molecule has 0 saturated carbocycles. The van der Waals surface area contributed by atoms with Crippen LogP contribution in [0.2, 0.25) is 5.02 Å². The third-order valence-corrected chi connectivity index (χ3v) is 3.91. The van der Waals surface area contributed by atoms with Crippen molar-refractivity contribution in [1.29, 1.82) is 0 Å². The second-order valence-electron chi connectivity index (χ2n) is 5.90. The first-order valence-corrected chi connectivity index (χ1v) is 8.56. The van der Waals surface area contributed by atoms with Crippen molar-refractivity contribution >= 4 is 17.5 Å². The van der Waals surface area contributed by atoms with Gasteiger partial charge in [0.2, 0.25) is 0 Å². The minimum atomic E-state index is -0.646. The molecule has 5 nitrogen and oxygen atoms in total. The molecule has 1 atom stereocenters. The van der Waals surface area contributed by atoms with E-state index in [1.807, 2.05) is 26.8 Å². The molecule has 0 fully saturated rings. The average Bonchev–Trinajstić information content (AvgIpc) is 2.57. The smallest absolute Gasteiger partial charge is 0.258 e. The number of carbonyl (C=O) groups excluding carboxylic acids is 1. The number of fused-ring (bicyclic) bond motifs is 1. The standard InChI is InChI=1S/C19H20ClNO4/c1-4-23-16-10-12(9-14(20)17(16)24-11(2)3)19-21-18(22)13-7-5-6-8-15(13)25-19/h5-11,19H,4H2,1-3H3,(H,21,22)/t19-/m1/s1. The molecule has 132 valence electrons. The van der Waals surface area contributed by atoms with Crippen LogP contribution in [0.5, 0.6) is 17.2 Å². The lowest BCUT2D eigenvalue weighted by Gasteiger charge is -2.28. The Bertz CT molecular complexity index is 791. The molecule has 0 saturated heterocycles. The van der Waals surface area contributed by atoms with E-state index < -0.39 is 6.23 Å². The number of carbonyl (C=O) groups is 1. The van der Waals surface area contributed by atoms with E-state index in [4.69, 9.17) is 25.8 Å². The quantitative estimate of drug-likeness (QED) is 0.860. The average molecular weight is 362 g/mol. The van der Waals surface area contributed by atoms with Crippen LogP contribution in [0.3, 0.4) is 0 Å². The van der Waals surface area contributed by atoms with Crippen LogP contribution in [-0.4, -0.2) is 18.6 Å². The minimum absolute atomic E-state index is 0.0416. The number of para-hydroxylation sites is 1. The van der Waals surface area contributed by atoms with Crippen molar-refractivity contribution in [3.05, 3.63) is 52.5 Å². The van der Waals surface area contributed by atoms with E-state index in [1.54, 1.807) is 30.3 Å². The molecule has 0 aliphatic carbocycles. The molecule has 1 amide bonds. The number of benzene rings is 2. The highest BCUT2D eigenvalue weighted by molar-refractivity contribution is 6.32. The van der Waals surface area contributed by atoms with Crippen molar-refractivity contribution in [2.24, 2.45) is 0 Å². The van der Waals surface area contributed by atoms with Gasteiger partial charge in [0.05, 0.1) is 23.3 Å². The summed E-state index contributed by atoms with van der Waals surface area (Å²) in [6.45, 7) is 6.19. The summed E-state index contributed by atoms with van der Waals surface area (Å²) in [4.78, 5) is 12.3. The number of halogens is 1. The van der Waals surface area contributed by atoms with E-state index in [9.17, 15) is 4.79 Å². The maximum atomic E-state index is 12.3. The van der Waals surface area contributed by atoms with Gasteiger partial charge in [-0.15, -0.1) is 0 Å². The molecule has 0 bridgehead atoms. The Balaban J connectivity index is 1.97. The minimum Gasteiger partial charge on any atom is -0.490 e. The first kappa shape index (κ1) is 17.4. The normalized spacial score (nSPS) is 16.0. The lowest BCUT2D eigenvalue weighted by molar-refractivity contribution is 0.0755. The topological polar surface area (TPSA) is 56.8 Å². The predicted octanol–water partition coefficient (Wildman–Crippen LogP) is 4.35. The van der Waals surface area contributed by atoms with E-state index in [1.165, 1.54) is 0 Å². The van der Waals surface area contributed by atoms with Gasteiger partial charge in [0, 0.05) is 5.56 Å². The third kappa shape index (κ3) is 3.66. The van der Waals surface area contributed by atoms with Crippen LogP contribution in [0.15, 0.2) is 36.4 Å². The van der Waals surface area contributed by atoms with E-state index in [2.05, 4.69) is 5.32 Å². The van der Waals surface area contributed by atoms with Crippen molar-refractivity contribution in [3.63, 3.8) is 0 Å². The molecule has 2 aromatic carbocycles. The monoisotopic (exact) mass is 361 g/mol. The molecule has 0 spiro atoms. The zero-order valence-electron chi connectivity index (χ0n) is 14.3. The largest absolute Gasteiger partial charge is 0.490 e. The molecular formula is C19H20ClNO4. The van der Waals surface area contributed by atoms with Crippen LogP contribution in [-0.2, 0) is 0 Å². The van der Waals surface area contributed by atoms with Crippen molar-refractivity contribution < 1.29 is 19.0 Å². The Morgan fingerprint density at radius 2 is 2.04 bits per heavy atom. The Labute approximate surface area is 151 Å². The van der Waals surface area contributed by atoms with Crippen LogP contribution in [0.1, 0.15) is 42.9 Å². The fourth-order valence-corrected chi connectivity index (χ4v) is 2.88. The first-order valence-electron chi connectivity index (χ1n) is 8.19. The van der Waals surface area contributed by atoms with E-state index in [0.29, 0.717) is 40.0 Å². The molecule has 2 aromatic rings. The summed E-state index contributed by atoms with van der Waals surface area (Å²) in [6.07, 6.45) is -0.688. The highest BCUT2D eigenvalue weighted by atomic mass is 35.5. The van der Waals surface area contributed by atoms with Gasteiger partial charge in [-0.05, 0) is 45.0 Å². The maximum Gasteiger partial charge on any atom is 0.258 e. The van der Waals surface area contributed by atoms with Gasteiger partial charge in [-0.1, -0.05) is 23.7 Å². The van der Waals surface area contributed by atoms with Gasteiger partial charge >= 0.3 is 0 Å². The summed E-state index contributed by atoms with van der Waals surface area (Å²) < 4.78 is 17.3. The number of rotatable bonds is 5. The molecule has 0 aromatic heterocycles. The Kier molecular flexibility index (Phi) is 5.04. The second-order valence-corrected chi connectivity index (χ2v) is 6.30. The van der Waals surface area contributed by atoms with Crippen LogP contribution < -0.4 is 19.5 Å². The van der Waals surface area contributed by atoms with Gasteiger partial charge in [0.15, 0.2) is 17.7 Å². The highest BCUT2D eigenvalue weighted by Gasteiger charge is 2.28. The Hall–Kier alpha value is -2.40. The maximum absolute atomic E-state index is 12.3. The Morgan fingerprint density at radius 1 is 1.28 bits per heavy atom. The first-order chi connectivity index (χ1) is 12.0. The molecule has 3 rings (SSSR count). The molecule has 1 aliphatic heterocycles. The molecule has 1 N–H and O–H groups in total. The predicted molar refractivity (Wildman–Crippen MR) is 95.7 cm³/mol. The number of hydrogen-bond acceptors (Lipinski definition) is 4. The number of amides is 1. The van der Waals surface area contributed by atoms with Crippen molar-refractivity contribution in [2.45, 2.75) is 33.1 Å². The summed E-state index contributed by atoms with van der Waals surface area (Å²) in [7, 11) is 0. The summed E-state index contributed by atoms with van der Waals surface area (Å²) in [6, 6.07) is 10.6. The van der Waals surface area contributed by atoms with Gasteiger partial charge in [-0.2, -0.15) is 0 Å². The van der Waals surface area contributed by atoms with E-state index in [0.717, 1.165) is 0 Å². The summed E-state index contributed by atoms with van der Waals surface area (Å²) in [5.74, 6) is 1.36. The van der Waals surface area contributed by atoms with E-state index >= 15 is 0 Å². The van der Waals surface area contributed by atoms with Crippen LogP contribution in [0.25, 0.3) is 0 Å². The molecule has 1 heterocycles.